The summed E-state index contributed by atoms with van der Waals surface area (Å²) >= 11 is 0. The first kappa shape index (κ1) is 9.93. The van der Waals surface area contributed by atoms with Crippen molar-refractivity contribution in [2.75, 3.05) is 0 Å². The van der Waals surface area contributed by atoms with Gasteiger partial charge in [-0.15, -0.1) is 4.91 Å². The first-order valence-corrected chi connectivity index (χ1v) is 1.08. The summed E-state index contributed by atoms with van der Waals surface area (Å²) in [5, 5.41) is 4.33. The second kappa shape index (κ2) is 9.25. The van der Waals surface area contributed by atoms with E-state index in [2.05, 4.69) is 10.5 Å². The summed E-state index contributed by atoms with van der Waals surface area (Å²) in [6.45, 7) is 0. The molecule has 0 aliphatic heterocycles. The van der Waals surface area contributed by atoms with Gasteiger partial charge in [-0.3, -0.25) is 5.22 Å². The van der Waals surface area contributed by atoms with Crippen LogP contribution < -0.4 is 40.6 Å². The van der Waals surface area contributed by atoms with Crippen molar-refractivity contribution in [3.8, 4) is 0 Å². The van der Waals surface area contributed by atoms with Crippen molar-refractivity contribution >= 4 is 0 Å². The fraction of sp³-hybridized carbons (Fsp3) is 0. The van der Waals surface area contributed by atoms with Crippen LogP contribution in [0.4, 0.5) is 0 Å². The molecule has 0 spiro atoms. The van der Waals surface area contributed by atoms with E-state index in [0.29, 0.717) is 0 Å². The normalized spacial score (nSPS) is 5.14. The Kier molecular flexibility index (Phi) is 13.1. The number of hydrazine groups is 1. The van der Waals surface area contributed by atoms with Crippen LogP contribution in [0.25, 0.3) is 5.53 Å². The van der Waals surface area contributed by atoms with Crippen molar-refractivity contribution in [3.05, 3.63) is 10.4 Å². The number of hydrogen-bond donors (Lipinski definition) is 2. The maximum Gasteiger partial charge on any atom is 1.00 e. The van der Waals surface area contributed by atoms with Gasteiger partial charge in [0.15, 0.2) is 0 Å². The minimum absolute atomic E-state index is 0. The van der Waals surface area contributed by atoms with E-state index in [-0.39, 0.29) is 29.6 Å². The van der Waals surface area contributed by atoms with Gasteiger partial charge < -0.3 is 11.1 Å². The molecule has 0 heterocycles. The molecule has 0 aliphatic carbocycles. The molecule has 0 aromatic carbocycles. The number of nitroso groups, excluding NO2 is 1. The fourth-order valence-electron chi connectivity index (χ4n) is 0.0428. The van der Waals surface area contributed by atoms with Crippen LogP contribution in [0.2, 0.25) is 0 Å². The van der Waals surface area contributed by atoms with Gasteiger partial charge in [0.05, 0.1) is 5.29 Å². The Balaban J connectivity index is 0. The Morgan fingerprint density at radius 2 is 2.00 bits per heavy atom. The van der Waals surface area contributed by atoms with Crippen molar-refractivity contribution in [2.45, 2.75) is 0 Å². The molecule has 0 fully saturated rings. The second-order valence-corrected chi connectivity index (χ2v) is 0.415. The van der Waals surface area contributed by atoms with Gasteiger partial charge in [0.25, 0.3) is 0 Å². The average molecular weight is 111 g/mol. The van der Waals surface area contributed by atoms with E-state index in [0.717, 1.165) is 0 Å². The molecule has 0 amide bonds. The standard InChI is InChI=1S/H2N5O.Na/c1-2-3-4-5-6;/h(H2-,1,2,3,4,5,6);/q-1;+1. The van der Waals surface area contributed by atoms with Crippen LogP contribution in [-0.2, 0) is 0 Å². The van der Waals surface area contributed by atoms with Crippen molar-refractivity contribution in [2.24, 2.45) is 10.5 Å². The molecule has 0 saturated carbocycles. The Hall–Kier alpha value is -0.200. The molecule has 0 radical (unpaired) electrons. The first-order valence-electron chi connectivity index (χ1n) is 1.08. The maximum absolute atomic E-state index is 8.97. The molecule has 7 heteroatoms. The van der Waals surface area contributed by atoms with E-state index in [9.17, 15) is 0 Å². The minimum atomic E-state index is 0. The van der Waals surface area contributed by atoms with Gasteiger partial charge in [-0.25, -0.2) is 5.53 Å². The van der Waals surface area contributed by atoms with E-state index in [1.54, 1.807) is 11.1 Å². The third-order valence-corrected chi connectivity index (χ3v) is 0.146. The zero-order chi connectivity index (χ0) is 4.83. The quantitative estimate of drug-likeness (QED) is 0.131. The molecule has 0 aromatic heterocycles. The van der Waals surface area contributed by atoms with Crippen LogP contribution in [0, 0.1) is 4.91 Å². The Morgan fingerprint density at radius 1 is 1.43 bits per heavy atom. The summed E-state index contributed by atoms with van der Waals surface area (Å²) in [7, 11) is 0. The van der Waals surface area contributed by atoms with Gasteiger partial charge in [-0.1, -0.05) is 0 Å². The maximum atomic E-state index is 8.97. The molecule has 7 heavy (non-hydrogen) atoms. The SMILES string of the molecule is [N-]=NNNN=O.[Na+]. The Labute approximate surface area is 61.7 Å². The smallest absolute Gasteiger partial charge is 0.361 e. The molecule has 0 bridgehead atoms. The van der Waals surface area contributed by atoms with Gasteiger partial charge >= 0.3 is 29.6 Å². The molecule has 0 rings (SSSR count). The Morgan fingerprint density at radius 3 is 2.14 bits per heavy atom. The Bertz CT molecular complexity index is 44.0. The zero-order valence-corrected chi connectivity index (χ0v) is 5.75. The summed E-state index contributed by atoms with van der Waals surface area (Å²) in [6, 6.07) is 0. The van der Waals surface area contributed by atoms with Crippen LogP contribution >= 0.6 is 0 Å². The van der Waals surface area contributed by atoms with E-state index in [1.807, 2.05) is 0 Å². The van der Waals surface area contributed by atoms with Crippen LogP contribution in [0.5, 0.6) is 0 Å². The molecule has 2 N–H and O–H groups in total. The average Bonchev–Trinajstić information content (AvgIpc) is 1.61. The minimum Gasteiger partial charge on any atom is -0.361 e. The van der Waals surface area contributed by atoms with Crippen molar-refractivity contribution in [1.29, 1.82) is 0 Å². The summed E-state index contributed by atoms with van der Waals surface area (Å²) in [6.07, 6.45) is 0. The van der Waals surface area contributed by atoms with E-state index in [4.69, 9.17) is 10.4 Å². The first-order chi connectivity index (χ1) is 2.91. The van der Waals surface area contributed by atoms with Crippen molar-refractivity contribution < 1.29 is 29.6 Å². The summed E-state index contributed by atoms with van der Waals surface area (Å²) in [4.78, 5) is 8.97. The monoisotopic (exact) mass is 111 g/mol. The molecule has 34 valence electrons. The number of rotatable bonds is 3. The largest absolute Gasteiger partial charge is 1.00 e. The summed E-state index contributed by atoms with van der Waals surface area (Å²) in [5.41, 5.74) is 10.7. The fourth-order valence-corrected chi connectivity index (χ4v) is 0.0428. The molecule has 0 saturated heterocycles. The van der Waals surface area contributed by atoms with Crippen LogP contribution in [0.3, 0.4) is 0 Å². The van der Waals surface area contributed by atoms with Crippen molar-refractivity contribution in [1.82, 2.24) is 11.1 Å². The number of nitrogens with zero attached hydrogens (tertiary/aromatic N) is 3. The number of hydrogen-bond acceptors (Lipinski definition) is 3. The van der Waals surface area contributed by atoms with Crippen molar-refractivity contribution in [3.63, 3.8) is 0 Å². The third kappa shape index (κ3) is 10.7. The van der Waals surface area contributed by atoms with E-state index in [1.165, 1.54) is 0 Å². The summed E-state index contributed by atoms with van der Waals surface area (Å²) < 4.78 is 0. The molecule has 0 aliphatic rings. The van der Waals surface area contributed by atoms with E-state index < -0.39 is 0 Å². The molecular weight excluding hydrogens is 109 g/mol. The van der Waals surface area contributed by atoms with Gasteiger partial charge in [-0.2, -0.15) is 0 Å². The van der Waals surface area contributed by atoms with Crippen LogP contribution in [0.1, 0.15) is 0 Å². The van der Waals surface area contributed by atoms with Gasteiger partial charge in [-0.05, 0) is 0 Å². The summed E-state index contributed by atoms with van der Waals surface area (Å²) in [5.74, 6) is 0. The van der Waals surface area contributed by atoms with Gasteiger partial charge in [0.2, 0.25) is 0 Å². The van der Waals surface area contributed by atoms with Gasteiger partial charge in [0.1, 0.15) is 0 Å². The number of nitrogens with one attached hydrogen (secondary N) is 2. The predicted molar refractivity (Wildman–Crippen MR) is 17.9 cm³/mol. The van der Waals surface area contributed by atoms with E-state index >= 15 is 0 Å². The van der Waals surface area contributed by atoms with Gasteiger partial charge in [0, 0.05) is 0 Å². The second-order valence-electron chi connectivity index (χ2n) is 0.415. The molecule has 0 unspecified atom stereocenters. The zero-order valence-electron chi connectivity index (χ0n) is 3.75. The van der Waals surface area contributed by atoms with Crippen LogP contribution in [-0.4, -0.2) is 0 Å². The third-order valence-electron chi connectivity index (χ3n) is 0.146. The molecule has 0 atom stereocenters. The molecule has 0 aromatic rings. The topological polar surface area (TPSA) is 88.2 Å². The molecular formula is H2N5NaO. The van der Waals surface area contributed by atoms with Crippen LogP contribution in [0.15, 0.2) is 10.5 Å². The molecule has 6 nitrogen and oxygen atoms in total. The predicted octanol–water partition coefficient (Wildman–Crippen LogP) is -3.30.